The summed E-state index contributed by atoms with van der Waals surface area (Å²) in [6.45, 7) is 4.53. The number of benzene rings is 2. The molecule has 0 aliphatic heterocycles. The first-order valence-electron chi connectivity index (χ1n) is 10.5. The lowest BCUT2D eigenvalue weighted by molar-refractivity contribution is 0.308. The largest absolute Gasteiger partial charge is 0.0654 e. The summed E-state index contributed by atoms with van der Waals surface area (Å²) in [4.78, 5) is 0. The van der Waals surface area contributed by atoms with E-state index in [-0.39, 0.29) is 0 Å². The zero-order chi connectivity index (χ0) is 18.2. The van der Waals surface area contributed by atoms with Gasteiger partial charge in [-0.2, -0.15) is 0 Å². The van der Waals surface area contributed by atoms with E-state index in [1.54, 1.807) is 0 Å². The van der Waals surface area contributed by atoms with Crippen molar-refractivity contribution in [3.8, 4) is 11.8 Å². The van der Waals surface area contributed by atoms with Crippen LogP contribution in [0.3, 0.4) is 0 Å². The minimum atomic E-state index is 0.760. The number of hydrogen-bond donors (Lipinski definition) is 0. The third kappa shape index (κ3) is 5.25. The third-order valence-electron chi connectivity index (χ3n) is 5.77. The van der Waals surface area contributed by atoms with E-state index in [2.05, 4.69) is 74.2 Å². The molecule has 3 rings (SSSR count). The Hall–Kier alpha value is -2.00. The van der Waals surface area contributed by atoms with Gasteiger partial charge >= 0.3 is 0 Å². The highest BCUT2D eigenvalue weighted by Crippen LogP contribution is 2.37. The average Bonchev–Trinajstić information content (AvgIpc) is 2.69. The number of rotatable bonds is 5. The molecule has 0 radical (unpaired) electrons. The van der Waals surface area contributed by atoms with Gasteiger partial charge in [0.25, 0.3) is 0 Å². The lowest BCUT2D eigenvalue weighted by Gasteiger charge is -2.28. The van der Waals surface area contributed by atoms with E-state index in [0.29, 0.717) is 0 Å². The predicted octanol–water partition coefficient (Wildman–Crippen LogP) is 7.11. The molecule has 0 N–H and O–H groups in total. The highest BCUT2D eigenvalue weighted by atomic mass is 14.3. The molecule has 0 saturated heterocycles. The molecular formula is C26H32. The molecule has 0 spiro atoms. The molecule has 136 valence electrons. The van der Waals surface area contributed by atoms with Crippen LogP contribution in [-0.2, 0) is 6.42 Å². The van der Waals surface area contributed by atoms with Gasteiger partial charge in [-0.05, 0) is 79.3 Å². The molecule has 26 heavy (non-hydrogen) atoms. The Morgan fingerprint density at radius 1 is 0.731 bits per heavy atom. The van der Waals surface area contributed by atoms with Crippen LogP contribution in [0.2, 0.25) is 0 Å². The highest BCUT2D eigenvalue weighted by Gasteiger charge is 2.21. The van der Waals surface area contributed by atoms with E-state index in [4.69, 9.17) is 0 Å². The Morgan fingerprint density at radius 3 is 1.85 bits per heavy atom. The van der Waals surface area contributed by atoms with Gasteiger partial charge in [-0.1, -0.05) is 69.2 Å². The van der Waals surface area contributed by atoms with Crippen molar-refractivity contribution in [2.24, 2.45) is 5.92 Å². The highest BCUT2D eigenvalue weighted by molar-refractivity contribution is 5.44. The molecule has 0 unspecified atom stereocenters. The van der Waals surface area contributed by atoms with Crippen molar-refractivity contribution in [3.05, 3.63) is 70.8 Å². The lowest BCUT2D eigenvalue weighted by Crippen LogP contribution is -2.13. The van der Waals surface area contributed by atoms with Crippen molar-refractivity contribution in [1.82, 2.24) is 0 Å². The first kappa shape index (κ1) is 18.8. The van der Waals surface area contributed by atoms with Crippen molar-refractivity contribution >= 4 is 0 Å². The lowest BCUT2D eigenvalue weighted by atomic mass is 9.77. The van der Waals surface area contributed by atoms with Gasteiger partial charge in [0.1, 0.15) is 0 Å². The average molecular weight is 345 g/mol. The Kier molecular flexibility index (Phi) is 6.96. The van der Waals surface area contributed by atoms with E-state index in [9.17, 15) is 0 Å². The molecule has 0 heteroatoms. The molecule has 1 saturated carbocycles. The van der Waals surface area contributed by atoms with E-state index >= 15 is 0 Å². The van der Waals surface area contributed by atoms with Gasteiger partial charge in [0, 0.05) is 11.1 Å². The molecule has 1 fully saturated rings. The molecule has 0 nitrogen and oxygen atoms in total. The number of hydrogen-bond acceptors (Lipinski definition) is 0. The van der Waals surface area contributed by atoms with Gasteiger partial charge in [0.05, 0.1) is 0 Å². The first-order chi connectivity index (χ1) is 12.8. The van der Waals surface area contributed by atoms with Crippen LogP contribution >= 0.6 is 0 Å². The van der Waals surface area contributed by atoms with Gasteiger partial charge in [0.15, 0.2) is 0 Å². The number of aryl methyl sites for hydroxylation is 1. The summed E-state index contributed by atoms with van der Waals surface area (Å²) in [5.74, 6) is 8.35. The summed E-state index contributed by atoms with van der Waals surface area (Å²) < 4.78 is 0. The zero-order valence-electron chi connectivity index (χ0n) is 16.4. The van der Waals surface area contributed by atoms with Crippen LogP contribution < -0.4 is 0 Å². The predicted molar refractivity (Wildman–Crippen MR) is 112 cm³/mol. The zero-order valence-corrected chi connectivity index (χ0v) is 16.4. The molecule has 2 aromatic rings. The molecule has 1 aliphatic rings. The van der Waals surface area contributed by atoms with E-state index in [1.165, 1.54) is 56.1 Å². The van der Waals surface area contributed by atoms with Crippen LogP contribution in [0.1, 0.15) is 87.0 Å². The van der Waals surface area contributed by atoms with Gasteiger partial charge in [-0.15, -0.1) is 0 Å². The van der Waals surface area contributed by atoms with Crippen LogP contribution in [0, 0.1) is 17.8 Å². The summed E-state index contributed by atoms with van der Waals surface area (Å²) >= 11 is 0. The Morgan fingerprint density at radius 2 is 1.31 bits per heavy atom. The molecule has 1 aliphatic carbocycles. The summed E-state index contributed by atoms with van der Waals surface area (Å²) in [6, 6.07) is 17.7. The van der Waals surface area contributed by atoms with Crippen LogP contribution in [0.15, 0.2) is 48.5 Å². The van der Waals surface area contributed by atoms with E-state index < -0.39 is 0 Å². The monoisotopic (exact) mass is 344 g/mol. The van der Waals surface area contributed by atoms with Gasteiger partial charge in [-0.25, -0.2) is 0 Å². The minimum Gasteiger partial charge on any atom is -0.0654 e. The van der Waals surface area contributed by atoms with Crippen molar-refractivity contribution in [2.75, 3.05) is 0 Å². The normalized spacial score (nSPS) is 19.6. The topological polar surface area (TPSA) is 0 Å². The second kappa shape index (κ2) is 9.63. The second-order valence-corrected chi connectivity index (χ2v) is 7.83. The summed E-state index contributed by atoms with van der Waals surface area (Å²) in [5.41, 5.74) is 5.12. The molecule has 0 amide bonds. The maximum absolute atomic E-state index is 3.32. The molecule has 0 bridgehead atoms. The maximum atomic E-state index is 3.32. The molecule has 0 aromatic heterocycles. The Balaban J connectivity index is 1.58. The van der Waals surface area contributed by atoms with Crippen molar-refractivity contribution < 1.29 is 0 Å². The fourth-order valence-corrected chi connectivity index (χ4v) is 4.22. The van der Waals surface area contributed by atoms with E-state index in [0.717, 1.165) is 29.4 Å². The Labute approximate surface area is 160 Å². The van der Waals surface area contributed by atoms with Crippen LogP contribution in [0.4, 0.5) is 0 Å². The standard InChI is InChI=1S/C26H32/c1-3-5-21-7-9-23(10-8-21)11-12-24-15-19-26(20-16-24)25-17-13-22(6-4-2)14-18-25/h7-10,15-16,19-20,22,25H,3-6,13-14,17-18H2,1-2H3. The summed E-state index contributed by atoms with van der Waals surface area (Å²) in [5, 5.41) is 0. The quantitative estimate of drug-likeness (QED) is 0.507. The first-order valence-corrected chi connectivity index (χ1v) is 10.5. The van der Waals surface area contributed by atoms with Gasteiger partial charge in [0.2, 0.25) is 0 Å². The smallest absolute Gasteiger partial charge is 0.0249 e. The van der Waals surface area contributed by atoms with Crippen LogP contribution in [0.25, 0.3) is 0 Å². The van der Waals surface area contributed by atoms with Crippen molar-refractivity contribution in [1.29, 1.82) is 0 Å². The maximum Gasteiger partial charge on any atom is 0.0249 e. The molecular weight excluding hydrogens is 312 g/mol. The van der Waals surface area contributed by atoms with Crippen LogP contribution in [0.5, 0.6) is 0 Å². The molecule has 2 aromatic carbocycles. The van der Waals surface area contributed by atoms with Crippen molar-refractivity contribution in [3.63, 3.8) is 0 Å². The van der Waals surface area contributed by atoms with Crippen LogP contribution in [-0.4, -0.2) is 0 Å². The molecule has 0 heterocycles. The third-order valence-corrected chi connectivity index (χ3v) is 5.77. The van der Waals surface area contributed by atoms with Gasteiger partial charge in [-0.3, -0.25) is 0 Å². The van der Waals surface area contributed by atoms with E-state index in [1.807, 2.05) is 0 Å². The fourth-order valence-electron chi connectivity index (χ4n) is 4.22. The minimum absolute atomic E-state index is 0.760. The summed E-state index contributed by atoms with van der Waals surface area (Å²) in [7, 11) is 0. The second-order valence-electron chi connectivity index (χ2n) is 7.83. The van der Waals surface area contributed by atoms with Crippen molar-refractivity contribution in [2.45, 2.75) is 71.1 Å². The summed E-state index contributed by atoms with van der Waals surface area (Å²) in [6.07, 6.45) is 10.6. The Bertz CT molecular complexity index is 716. The van der Waals surface area contributed by atoms with Gasteiger partial charge < -0.3 is 0 Å². The SMILES string of the molecule is CCCc1ccc(C#Cc2ccc(C3CCC(CCC)CC3)cc2)cc1. The fraction of sp³-hybridized carbons (Fsp3) is 0.462. The molecule has 0 atom stereocenters.